The van der Waals surface area contributed by atoms with E-state index < -0.39 is 0 Å². The summed E-state index contributed by atoms with van der Waals surface area (Å²) in [6.07, 6.45) is 2.57. The van der Waals surface area contributed by atoms with Crippen LogP contribution in [0.15, 0.2) is 18.2 Å². The lowest BCUT2D eigenvalue weighted by molar-refractivity contribution is 0.0900. The van der Waals surface area contributed by atoms with Gasteiger partial charge in [-0.3, -0.25) is 0 Å². The summed E-state index contributed by atoms with van der Waals surface area (Å²) in [4.78, 5) is 0. The standard InChI is InChI=1S/C14H22N2O2/c1-3-12-10(7-8-18-12)9-16-11-5-4-6-13(17-2)14(11)15/h4-6,10,12,16H,3,7-9,15H2,1-2H3. The highest BCUT2D eigenvalue weighted by Crippen LogP contribution is 2.30. The van der Waals surface area contributed by atoms with E-state index in [1.807, 2.05) is 18.2 Å². The molecule has 1 heterocycles. The quantitative estimate of drug-likeness (QED) is 0.788. The normalized spacial score (nSPS) is 23.0. The number of benzene rings is 1. The summed E-state index contributed by atoms with van der Waals surface area (Å²) in [5.74, 6) is 1.29. The minimum Gasteiger partial charge on any atom is -0.495 e. The summed E-state index contributed by atoms with van der Waals surface area (Å²) in [6, 6.07) is 5.79. The van der Waals surface area contributed by atoms with Crippen LogP contribution in [0.1, 0.15) is 19.8 Å². The second-order valence-corrected chi connectivity index (χ2v) is 4.67. The van der Waals surface area contributed by atoms with Gasteiger partial charge in [-0.2, -0.15) is 0 Å². The van der Waals surface area contributed by atoms with Gasteiger partial charge in [-0.1, -0.05) is 13.0 Å². The van der Waals surface area contributed by atoms with Gasteiger partial charge in [-0.15, -0.1) is 0 Å². The van der Waals surface area contributed by atoms with E-state index in [1.165, 1.54) is 0 Å². The molecule has 0 bridgehead atoms. The van der Waals surface area contributed by atoms with E-state index in [4.69, 9.17) is 15.2 Å². The van der Waals surface area contributed by atoms with Gasteiger partial charge in [0.2, 0.25) is 0 Å². The second-order valence-electron chi connectivity index (χ2n) is 4.67. The molecular formula is C14H22N2O2. The number of nitrogen functional groups attached to an aromatic ring is 1. The summed E-state index contributed by atoms with van der Waals surface area (Å²) in [7, 11) is 1.63. The van der Waals surface area contributed by atoms with Crippen molar-refractivity contribution in [3.63, 3.8) is 0 Å². The lowest BCUT2D eigenvalue weighted by Crippen LogP contribution is -2.23. The number of para-hydroxylation sites is 1. The van der Waals surface area contributed by atoms with E-state index in [0.717, 1.165) is 37.4 Å². The Hall–Kier alpha value is -1.42. The molecule has 0 aliphatic carbocycles. The Balaban J connectivity index is 1.98. The van der Waals surface area contributed by atoms with Crippen molar-refractivity contribution in [1.82, 2.24) is 0 Å². The van der Waals surface area contributed by atoms with E-state index in [0.29, 0.717) is 17.7 Å². The summed E-state index contributed by atoms with van der Waals surface area (Å²) < 4.78 is 10.9. The van der Waals surface area contributed by atoms with Crippen molar-refractivity contribution in [2.75, 3.05) is 31.3 Å². The van der Waals surface area contributed by atoms with E-state index in [2.05, 4.69) is 12.2 Å². The molecule has 2 atom stereocenters. The fraction of sp³-hybridized carbons (Fsp3) is 0.571. The van der Waals surface area contributed by atoms with Crippen molar-refractivity contribution in [3.05, 3.63) is 18.2 Å². The van der Waals surface area contributed by atoms with Gasteiger partial charge < -0.3 is 20.5 Å². The molecule has 2 unspecified atom stereocenters. The molecule has 1 aromatic carbocycles. The second kappa shape index (κ2) is 5.96. The molecule has 100 valence electrons. The molecule has 1 aliphatic heterocycles. The largest absolute Gasteiger partial charge is 0.495 e. The topological polar surface area (TPSA) is 56.5 Å². The van der Waals surface area contributed by atoms with Gasteiger partial charge in [-0.25, -0.2) is 0 Å². The lowest BCUT2D eigenvalue weighted by Gasteiger charge is -2.19. The predicted octanol–water partition coefficient (Wildman–Crippen LogP) is 2.50. The third kappa shape index (κ3) is 2.70. The van der Waals surface area contributed by atoms with Crippen LogP contribution in [0.2, 0.25) is 0 Å². The van der Waals surface area contributed by atoms with Gasteiger partial charge >= 0.3 is 0 Å². The maximum absolute atomic E-state index is 6.03. The Morgan fingerprint density at radius 1 is 1.50 bits per heavy atom. The fourth-order valence-electron chi connectivity index (χ4n) is 2.49. The molecule has 0 spiro atoms. The molecule has 18 heavy (non-hydrogen) atoms. The van der Waals surface area contributed by atoms with E-state index in [-0.39, 0.29) is 0 Å². The SMILES string of the molecule is CCC1OCCC1CNc1cccc(OC)c1N. The van der Waals surface area contributed by atoms with Crippen molar-refractivity contribution >= 4 is 11.4 Å². The predicted molar refractivity (Wildman–Crippen MR) is 74.0 cm³/mol. The van der Waals surface area contributed by atoms with Crippen LogP contribution in [0.4, 0.5) is 11.4 Å². The average Bonchev–Trinajstić information content (AvgIpc) is 2.85. The number of ether oxygens (including phenoxy) is 2. The first-order valence-electron chi connectivity index (χ1n) is 6.54. The Bertz CT molecular complexity index is 395. The van der Waals surface area contributed by atoms with Crippen LogP contribution in [0.25, 0.3) is 0 Å². The van der Waals surface area contributed by atoms with Crippen molar-refractivity contribution in [2.45, 2.75) is 25.9 Å². The van der Waals surface area contributed by atoms with Gasteiger partial charge in [0.15, 0.2) is 0 Å². The van der Waals surface area contributed by atoms with Crippen molar-refractivity contribution in [1.29, 1.82) is 0 Å². The van der Waals surface area contributed by atoms with Crippen LogP contribution in [-0.2, 0) is 4.74 Å². The number of anilines is 2. The minimum atomic E-state index is 0.379. The summed E-state index contributed by atoms with van der Waals surface area (Å²) in [5.41, 5.74) is 7.64. The van der Waals surface area contributed by atoms with Gasteiger partial charge in [0.05, 0.1) is 24.6 Å². The molecule has 0 radical (unpaired) electrons. The van der Waals surface area contributed by atoms with Crippen LogP contribution < -0.4 is 15.8 Å². The summed E-state index contributed by atoms with van der Waals surface area (Å²) in [5, 5.41) is 3.41. The van der Waals surface area contributed by atoms with Gasteiger partial charge in [-0.05, 0) is 25.0 Å². The smallest absolute Gasteiger partial charge is 0.143 e. The monoisotopic (exact) mass is 250 g/mol. The molecule has 0 aromatic heterocycles. The maximum atomic E-state index is 6.03. The number of hydrogen-bond acceptors (Lipinski definition) is 4. The Morgan fingerprint density at radius 3 is 3.06 bits per heavy atom. The van der Waals surface area contributed by atoms with Crippen LogP contribution in [-0.4, -0.2) is 26.4 Å². The average molecular weight is 250 g/mol. The zero-order valence-corrected chi connectivity index (χ0v) is 11.1. The summed E-state index contributed by atoms with van der Waals surface area (Å²) in [6.45, 7) is 3.94. The van der Waals surface area contributed by atoms with Crippen LogP contribution in [0.3, 0.4) is 0 Å². The van der Waals surface area contributed by atoms with Crippen molar-refractivity contribution in [2.24, 2.45) is 5.92 Å². The fourth-order valence-corrected chi connectivity index (χ4v) is 2.49. The number of nitrogens with two attached hydrogens (primary N) is 1. The molecule has 1 fully saturated rings. The zero-order valence-electron chi connectivity index (χ0n) is 11.1. The van der Waals surface area contributed by atoms with Crippen LogP contribution >= 0.6 is 0 Å². The van der Waals surface area contributed by atoms with Gasteiger partial charge in [0, 0.05) is 19.1 Å². The van der Waals surface area contributed by atoms with E-state index >= 15 is 0 Å². The molecule has 4 heteroatoms. The molecule has 1 aromatic rings. The molecule has 1 aliphatic rings. The Morgan fingerprint density at radius 2 is 2.33 bits per heavy atom. The molecule has 0 saturated carbocycles. The lowest BCUT2D eigenvalue weighted by atomic mass is 9.99. The maximum Gasteiger partial charge on any atom is 0.143 e. The molecular weight excluding hydrogens is 228 g/mol. The third-order valence-corrected chi connectivity index (χ3v) is 3.59. The van der Waals surface area contributed by atoms with Gasteiger partial charge in [0.1, 0.15) is 5.75 Å². The molecule has 2 rings (SSSR count). The third-order valence-electron chi connectivity index (χ3n) is 3.59. The Labute approximate surface area is 108 Å². The highest BCUT2D eigenvalue weighted by atomic mass is 16.5. The molecule has 1 saturated heterocycles. The molecule has 0 amide bonds. The number of nitrogens with one attached hydrogen (secondary N) is 1. The van der Waals surface area contributed by atoms with Crippen LogP contribution in [0.5, 0.6) is 5.75 Å². The van der Waals surface area contributed by atoms with Crippen molar-refractivity contribution < 1.29 is 9.47 Å². The molecule has 3 N–H and O–H groups in total. The number of rotatable bonds is 5. The summed E-state index contributed by atoms with van der Waals surface area (Å²) >= 11 is 0. The Kier molecular flexibility index (Phi) is 4.31. The highest BCUT2D eigenvalue weighted by molar-refractivity contribution is 5.72. The highest BCUT2D eigenvalue weighted by Gasteiger charge is 2.26. The van der Waals surface area contributed by atoms with E-state index in [1.54, 1.807) is 7.11 Å². The minimum absolute atomic E-state index is 0.379. The zero-order chi connectivity index (χ0) is 13.0. The first kappa shape index (κ1) is 13.0. The molecule has 4 nitrogen and oxygen atoms in total. The van der Waals surface area contributed by atoms with Crippen molar-refractivity contribution in [3.8, 4) is 5.75 Å². The van der Waals surface area contributed by atoms with E-state index in [9.17, 15) is 0 Å². The number of methoxy groups -OCH3 is 1. The first-order valence-corrected chi connectivity index (χ1v) is 6.54. The van der Waals surface area contributed by atoms with Gasteiger partial charge in [0.25, 0.3) is 0 Å². The number of hydrogen-bond donors (Lipinski definition) is 2. The van der Waals surface area contributed by atoms with Crippen LogP contribution in [0, 0.1) is 5.92 Å². The first-order chi connectivity index (χ1) is 8.76.